The minimum atomic E-state index is -0.290. The third-order valence-corrected chi connectivity index (χ3v) is 7.86. The predicted octanol–water partition coefficient (Wildman–Crippen LogP) is 6.87. The number of imide groups is 1. The number of para-hydroxylation sites is 1. The Morgan fingerprint density at radius 1 is 0.943 bits per heavy atom. The van der Waals surface area contributed by atoms with E-state index in [1.54, 1.807) is 0 Å². The van der Waals surface area contributed by atoms with E-state index in [0.29, 0.717) is 17.0 Å². The molecule has 0 unspecified atom stereocenters. The minimum absolute atomic E-state index is 0.217. The zero-order chi connectivity index (χ0) is 24.5. The Kier molecular flexibility index (Phi) is 6.33. The van der Waals surface area contributed by atoms with E-state index in [1.165, 1.54) is 4.90 Å². The molecule has 5 nitrogen and oxygen atoms in total. The van der Waals surface area contributed by atoms with Crippen molar-refractivity contribution in [3.63, 3.8) is 0 Å². The number of carbonyl (C=O) groups is 2. The average Bonchev–Trinajstić information content (AvgIpc) is 3.29. The van der Waals surface area contributed by atoms with Gasteiger partial charge in [0.25, 0.3) is 11.1 Å². The van der Waals surface area contributed by atoms with Crippen LogP contribution in [-0.4, -0.2) is 20.6 Å². The smallest absolute Gasteiger partial charge is 0.293 e. The van der Waals surface area contributed by atoms with Gasteiger partial charge in [-0.05, 0) is 54.1 Å². The van der Waals surface area contributed by atoms with E-state index in [-0.39, 0.29) is 17.7 Å². The molecule has 3 aromatic carbocycles. The maximum atomic E-state index is 13.2. The Morgan fingerprint density at radius 3 is 2.40 bits per heavy atom. The van der Waals surface area contributed by atoms with Crippen LogP contribution in [0.4, 0.5) is 4.79 Å². The van der Waals surface area contributed by atoms with Crippen molar-refractivity contribution < 1.29 is 9.59 Å². The fourth-order valence-corrected chi connectivity index (χ4v) is 5.58. The highest BCUT2D eigenvalue weighted by Crippen LogP contribution is 2.37. The Morgan fingerprint density at radius 2 is 1.63 bits per heavy atom. The fraction of sp³-hybridized carbons (Fsp3) is 0.107. The molecular weight excluding hydrogens is 522 g/mol. The second-order valence-electron chi connectivity index (χ2n) is 8.23. The fourth-order valence-electron chi connectivity index (χ4n) is 4.35. The van der Waals surface area contributed by atoms with E-state index < -0.39 is 0 Å². The molecule has 0 radical (unpaired) electrons. The molecule has 1 aliphatic heterocycles. The van der Waals surface area contributed by atoms with Crippen LogP contribution in [0.5, 0.6) is 0 Å². The summed E-state index contributed by atoms with van der Waals surface area (Å²) in [5.41, 5.74) is 5.33. The zero-order valence-corrected chi connectivity index (χ0v) is 21.3. The van der Waals surface area contributed by atoms with E-state index in [9.17, 15) is 14.9 Å². The van der Waals surface area contributed by atoms with E-state index in [1.807, 2.05) is 85.8 Å². The van der Waals surface area contributed by atoms with Crippen LogP contribution in [0, 0.1) is 18.3 Å². The Balaban J connectivity index is 1.53. The highest BCUT2D eigenvalue weighted by molar-refractivity contribution is 9.10. The normalized spacial score (nSPS) is 14.8. The number of rotatable bonds is 5. The van der Waals surface area contributed by atoms with E-state index >= 15 is 0 Å². The van der Waals surface area contributed by atoms with Gasteiger partial charge in [0.05, 0.1) is 23.1 Å². The quantitative estimate of drug-likeness (QED) is 0.258. The SMILES string of the molecule is Cc1c(/C=C2\SC(=O)N(Cc3ccccc3Br)C2=O)c2ccccc2n1Cc1ccccc1C#N. The molecule has 0 atom stereocenters. The number of hydrogen-bond donors (Lipinski definition) is 0. The van der Waals surface area contributed by atoms with Gasteiger partial charge in [-0.2, -0.15) is 5.26 Å². The summed E-state index contributed by atoms with van der Waals surface area (Å²) in [5.74, 6) is -0.290. The number of aromatic nitrogens is 1. The third kappa shape index (κ3) is 4.31. The second-order valence-corrected chi connectivity index (χ2v) is 10.1. The van der Waals surface area contributed by atoms with Gasteiger partial charge in [0.1, 0.15) is 0 Å². The molecule has 0 bridgehead atoms. The molecule has 5 rings (SSSR count). The number of fused-ring (bicyclic) bond motifs is 1. The number of nitriles is 1. The molecule has 0 spiro atoms. The van der Waals surface area contributed by atoms with Crippen LogP contribution in [0.1, 0.15) is 27.9 Å². The number of amides is 2. The standard InChI is InChI=1S/C28H20BrN3O2S/c1-18-23(14-26-27(33)32(28(34)35-26)17-21-10-4-6-12-24(21)29)22-11-5-7-13-25(22)31(18)16-20-9-3-2-8-19(20)15-30/h2-14H,16-17H2,1H3/b26-14-. The van der Waals surface area contributed by atoms with Crippen LogP contribution >= 0.6 is 27.7 Å². The second kappa shape index (κ2) is 9.57. The van der Waals surface area contributed by atoms with Crippen LogP contribution in [0.25, 0.3) is 17.0 Å². The van der Waals surface area contributed by atoms with Gasteiger partial charge in [-0.1, -0.05) is 70.5 Å². The van der Waals surface area contributed by atoms with Gasteiger partial charge in [-0.25, -0.2) is 0 Å². The molecule has 2 amide bonds. The van der Waals surface area contributed by atoms with Gasteiger partial charge < -0.3 is 4.57 Å². The lowest BCUT2D eigenvalue weighted by Gasteiger charge is -2.13. The van der Waals surface area contributed by atoms with Gasteiger partial charge in [-0.15, -0.1) is 0 Å². The molecule has 1 saturated heterocycles. The topological polar surface area (TPSA) is 66.1 Å². The lowest BCUT2D eigenvalue weighted by Crippen LogP contribution is -2.27. The van der Waals surface area contributed by atoms with Crippen molar-refractivity contribution in [2.75, 3.05) is 0 Å². The molecule has 0 saturated carbocycles. The van der Waals surface area contributed by atoms with Gasteiger partial charge in [-0.3, -0.25) is 14.5 Å². The van der Waals surface area contributed by atoms with Crippen LogP contribution in [0.3, 0.4) is 0 Å². The third-order valence-electron chi connectivity index (χ3n) is 6.18. The molecule has 1 fully saturated rings. The Bertz CT molecular complexity index is 1560. The van der Waals surface area contributed by atoms with Crippen molar-refractivity contribution in [3.8, 4) is 6.07 Å². The number of carbonyl (C=O) groups excluding carboxylic acids is 2. The molecular formula is C28H20BrN3O2S. The monoisotopic (exact) mass is 541 g/mol. The van der Waals surface area contributed by atoms with Crippen molar-refractivity contribution in [3.05, 3.63) is 110 Å². The molecule has 0 aliphatic carbocycles. The summed E-state index contributed by atoms with van der Waals surface area (Å²) in [6, 6.07) is 25.4. The predicted molar refractivity (Wildman–Crippen MR) is 143 cm³/mol. The first-order valence-electron chi connectivity index (χ1n) is 11.0. The lowest BCUT2D eigenvalue weighted by molar-refractivity contribution is -0.123. The van der Waals surface area contributed by atoms with Gasteiger partial charge in [0, 0.05) is 33.2 Å². The summed E-state index contributed by atoms with van der Waals surface area (Å²) in [6.07, 6.45) is 1.83. The van der Waals surface area contributed by atoms with Gasteiger partial charge in [0.2, 0.25) is 0 Å². The van der Waals surface area contributed by atoms with E-state index in [4.69, 9.17) is 0 Å². The molecule has 4 aromatic rings. The zero-order valence-electron chi connectivity index (χ0n) is 18.9. The van der Waals surface area contributed by atoms with Crippen molar-refractivity contribution >= 4 is 55.8 Å². The summed E-state index contributed by atoms with van der Waals surface area (Å²) < 4.78 is 3.02. The van der Waals surface area contributed by atoms with Gasteiger partial charge >= 0.3 is 0 Å². The Labute approximate surface area is 215 Å². The first-order chi connectivity index (χ1) is 17.0. The summed E-state index contributed by atoms with van der Waals surface area (Å²) >= 11 is 4.46. The summed E-state index contributed by atoms with van der Waals surface area (Å²) in [7, 11) is 0. The number of benzene rings is 3. The molecule has 0 N–H and O–H groups in total. The number of nitrogens with zero attached hydrogens (tertiary/aromatic N) is 3. The summed E-state index contributed by atoms with van der Waals surface area (Å²) in [4.78, 5) is 27.7. The molecule has 1 aromatic heterocycles. The van der Waals surface area contributed by atoms with Crippen molar-refractivity contribution in [1.82, 2.24) is 9.47 Å². The highest BCUT2D eigenvalue weighted by atomic mass is 79.9. The summed E-state index contributed by atoms with van der Waals surface area (Å²) in [6.45, 7) is 2.76. The maximum absolute atomic E-state index is 13.2. The van der Waals surface area contributed by atoms with Gasteiger partial charge in [0.15, 0.2) is 0 Å². The number of thioether (sulfide) groups is 1. The van der Waals surface area contributed by atoms with Crippen molar-refractivity contribution in [2.45, 2.75) is 20.0 Å². The average molecular weight is 542 g/mol. The maximum Gasteiger partial charge on any atom is 0.293 e. The molecule has 7 heteroatoms. The largest absolute Gasteiger partial charge is 0.340 e. The van der Waals surface area contributed by atoms with E-state index in [2.05, 4.69) is 26.6 Å². The van der Waals surface area contributed by atoms with Crippen molar-refractivity contribution in [2.24, 2.45) is 0 Å². The minimum Gasteiger partial charge on any atom is -0.340 e. The number of hydrogen-bond acceptors (Lipinski definition) is 4. The summed E-state index contributed by atoms with van der Waals surface area (Å²) in [5, 5.41) is 10.2. The molecule has 2 heterocycles. The molecule has 35 heavy (non-hydrogen) atoms. The lowest BCUT2D eigenvalue weighted by atomic mass is 10.1. The molecule has 172 valence electrons. The van der Waals surface area contributed by atoms with Crippen LogP contribution in [-0.2, 0) is 17.9 Å². The Hall–Kier alpha value is -3.60. The van der Waals surface area contributed by atoms with Crippen LogP contribution in [0.2, 0.25) is 0 Å². The molecule has 1 aliphatic rings. The highest BCUT2D eigenvalue weighted by Gasteiger charge is 2.35. The van der Waals surface area contributed by atoms with E-state index in [0.717, 1.165) is 49.5 Å². The van der Waals surface area contributed by atoms with Crippen molar-refractivity contribution in [1.29, 1.82) is 5.26 Å². The first-order valence-corrected chi connectivity index (χ1v) is 12.6. The first kappa shape index (κ1) is 23.2. The van der Waals surface area contributed by atoms with Crippen LogP contribution < -0.4 is 0 Å². The number of halogens is 1. The van der Waals surface area contributed by atoms with Crippen LogP contribution in [0.15, 0.2) is 82.2 Å².